The Kier molecular flexibility index (Phi) is 4.52. The van der Waals surface area contributed by atoms with E-state index in [1.807, 2.05) is 6.07 Å². The molecule has 0 radical (unpaired) electrons. The molecule has 0 spiro atoms. The van der Waals surface area contributed by atoms with E-state index in [-0.39, 0.29) is 24.3 Å². The fourth-order valence-electron chi connectivity index (χ4n) is 5.96. The van der Waals surface area contributed by atoms with Crippen molar-refractivity contribution in [3.8, 4) is 0 Å². The number of fused-ring (bicyclic) bond motifs is 2. The van der Waals surface area contributed by atoms with Crippen LogP contribution in [-0.2, 0) is 16.1 Å². The lowest BCUT2D eigenvalue weighted by molar-refractivity contribution is -0.136. The molecule has 3 unspecified atom stereocenters. The standard InChI is InChI=1S/C22H26N4O4/c23-12-22-8-1-2-14(22)7-9-25(22)11-13-3-4-15-16(10-13)21(30)26(20(15)29)17-5-6-18(27)24-19(17)28/h3-4,10,14,17H,1-2,5-9,11-12,23H2,(H,24,27,28). The number of hydrogen-bond acceptors (Lipinski definition) is 6. The largest absolute Gasteiger partial charge is 0.329 e. The molecule has 3 fully saturated rings. The van der Waals surface area contributed by atoms with Gasteiger partial charge < -0.3 is 5.73 Å². The van der Waals surface area contributed by atoms with Gasteiger partial charge in [-0.15, -0.1) is 0 Å². The van der Waals surface area contributed by atoms with Crippen LogP contribution in [-0.4, -0.2) is 58.1 Å². The molecule has 158 valence electrons. The Morgan fingerprint density at radius 3 is 2.63 bits per heavy atom. The monoisotopic (exact) mass is 410 g/mol. The highest BCUT2D eigenvalue weighted by molar-refractivity contribution is 6.23. The first-order valence-electron chi connectivity index (χ1n) is 10.7. The van der Waals surface area contributed by atoms with Crippen LogP contribution in [0.1, 0.15) is 64.8 Å². The van der Waals surface area contributed by atoms with Crippen LogP contribution in [0.5, 0.6) is 0 Å². The van der Waals surface area contributed by atoms with Gasteiger partial charge in [-0.1, -0.05) is 12.5 Å². The zero-order chi connectivity index (χ0) is 21.0. The molecule has 3 atom stereocenters. The van der Waals surface area contributed by atoms with Crippen LogP contribution < -0.4 is 11.1 Å². The number of imide groups is 2. The van der Waals surface area contributed by atoms with Crippen LogP contribution in [0.2, 0.25) is 0 Å². The minimum absolute atomic E-state index is 0.0532. The number of benzene rings is 1. The predicted octanol–water partition coefficient (Wildman–Crippen LogP) is 0.791. The van der Waals surface area contributed by atoms with Gasteiger partial charge in [-0.25, -0.2) is 0 Å². The lowest BCUT2D eigenvalue weighted by atomic mass is 9.88. The number of rotatable bonds is 4. The summed E-state index contributed by atoms with van der Waals surface area (Å²) in [6, 6.07) is 4.43. The van der Waals surface area contributed by atoms with Crippen LogP contribution in [0.4, 0.5) is 0 Å². The minimum Gasteiger partial charge on any atom is -0.329 e. The van der Waals surface area contributed by atoms with Gasteiger partial charge in [-0.2, -0.15) is 0 Å². The van der Waals surface area contributed by atoms with Gasteiger partial charge in [-0.05, 0) is 55.8 Å². The number of nitrogens with zero attached hydrogens (tertiary/aromatic N) is 2. The van der Waals surface area contributed by atoms with E-state index in [1.54, 1.807) is 12.1 Å². The number of nitrogens with two attached hydrogens (primary N) is 1. The van der Waals surface area contributed by atoms with Gasteiger partial charge in [-0.3, -0.25) is 34.3 Å². The quantitative estimate of drug-likeness (QED) is 0.710. The summed E-state index contributed by atoms with van der Waals surface area (Å²) >= 11 is 0. The summed E-state index contributed by atoms with van der Waals surface area (Å²) in [7, 11) is 0. The number of carbonyl (C=O) groups is 4. The molecule has 3 N–H and O–H groups in total. The molecular formula is C22H26N4O4. The number of nitrogens with one attached hydrogen (secondary N) is 1. The molecule has 8 heteroatoms. The highest BCUT2D eigenvalue weighted by atomic mass is 16.2. The summed E-state index contributed by atoms with van der Waals surface area (Å²) in [5.41, 5.74) is 7.89. The molecular weight excluding hydrogens is 384 g/mol. The Morgan fingerprint density at radius 1 is 1.07 bits per heavy atom. The van der Waals surface area contributed by atoms with Crippen molar-refractivity contribution in [2.24, 2.45) is 11.7 Å². The Morgan fingerprint density at radius 2 is 1.87 bits per heavy atom. The molecule has 1 aliphatic carbocycles. The van der Waals surface area contributed by atoms with Crippen LogP contribution in [0.3, 0.4) is 0 Å². The second-order valence-corrected chi connectivity index (χ2v) is 8.93. The average molecular weight is 410 g/mol. The summed E-state index contributed by atoms with van der Waals surface area (Å²) in [5, 5.41) is 2.22. The lowest BCUT2D eigenvalue weighted by Gasteiger charge is -2.38. The van der Waals surface area contributed by atoms with Gasteiger partial charge in [0.05, 0.1) is 11.1 Å². The summed E-state index contributed by atoms with van der Waals surface area (Å²) in [6.07, 6.45) is 4.98. The maximum atomic E-state index is 13.0. The molecule has 2 saturated heterocycles. The van der Waals surface area contributed by atoms with Gasteiger partial charge in [0.2, 0.25) is 11.8 Å². The Bertz CT molecular complexity index is 960. The average Bonchev–Trinajstić information content (AvgIpc) is 3.36. The topological polar surface area (TPSA) is 113 Å². The molecule has 4 aliphatic rings. The van der Waals surface area contributed by atoms with E-state index < -0.39 is 23.8 Å². The van der Waals surface area contributed by atoms with Crippen LogP contribution in [0.15, 0.2) is 18.2 Å². The van der Waals surface area contributed by atoms with E-state index in [1.165, 1.54) is 12.8 Å². The van der Waals surface area contributed by atoms with Gasteiger partial charge in [0.1, 0.15) is 6.04 Å². The second kappa shape index (κ2) is 6.99. The van der Waals surface area contributed by atoms with E-state index in [4.69, 9.17) is 5.73 Å². The van der Waals surface area contributed by atoms with Crippen LogP contribution in [0.25, 0.3) is 0 Å². The fourth-order valence-corrected chi connectivity index (χ4v) is 5.96. The molecule has 8 nitrogen and oxygen atoms in total. The molecule has 30 heavy (non-hydrogen) atoms. The summed E-state index contributed by atoms with van der Waals surface area (Å²) in [6.45, 7) is 2.33. The molecule has 0 bridgehead atoms. The van der Waals surface area contributed by atoms with Crippen molar-refractivity contribution in [3.63, 3.8) is 0 Å². The van der Waals surface area contributed by atoms with Crippen molar-refractivity contribution in [3.05, 3.63) is 34.9 Å². The van der Waals surface area contributed by atoms with E-state index in [0.29, 0.717) is 30.1 Å². The molecule has 3 aliphatic heterocycles. The number of hydrogen-bond donors (Lipinski definition) is 2. The number of carbonyl (C=O) groups excluding carboxylic acids is 4. The normalized spacial score (nSPS) is 31.3. The fraction of sp³-hybridized carbons (Fsp3) is 0.545. The Hall–Kier alpha value is -2.58. The van der Waals surface area contributed by atoms with Gasteiger partial charge >= 0.3 is 0 Å². The summed E-state index contributed by atoms with van der Waals surface area (Å²) in [4.78, 5) is 53.0. The number of amides is 4. The molecule has 1 saturated carbocycles. The van der Waals surface area contributed by atoms with Crippen LogP contribution in [0, 0.1) is 5.92 Å². The zero-order valence-electron chi connectivity index (χ0n) is 16.9. The Balaban J connectivity index is 1.39. The van der Waals surface area contributed by atoms with Crippen molar-refractivity contribution in [1.82, 2.24) is 15.1 Å². The third kappa shape index (κ3) is 2.74. The molecule has 1 aromatic carbocycles. The predicted molar refractivity (Wildman–Crippen MR) is 107 cm³/mol. The smallest absolute Gasteiger partial charge is 0.262 e. The van der Waals surface area contributed by atoms with E-state index in [2.05, 4.69) is 10.2 Å². The summed E-state index contributed by atoms with van der Waals surface area (Å²) in [5.74, 6) is -1.25. The lowest BCUT2D eigenvalue weighted by Crippen LogP contribution is -2.54. The van der Waals surface area contributed by atoms with Gasteiger partial charge in [0.15, 0.2) is 0 Å². The molecule has 5 rings (SSSR count). The number of likely N-dealkylation sites (tertiary alicyclic amines) is 1. The van der Waals surface area contributed by atoms with Crippen molar-refractivity contribution in [2.45, 2.75) is 56.7 Å². The molecule has 1 aromatic rings. The highest BCUT2D eigenvalue weighted by Crippen LogP contribution is 2.47. The minimum atomic E-state index is -0.933. The molecule has 3 heterocycles. The van der Waals surface area contributed by atoms with Gasteiger partial charge in [0, 0.05) is 25.0 Å². The van der Waals surface area contributed by atoms with Crippen LogP contribution >= 0.6 is 0 Å². The van der Waals surface area contributed by atoms with E-state index in [9.17, 15) is 19.2 Å². The molecule has 0 aromatic heterocycles. The first-order chi connectivity index (χ1) is 14.4. The van der Waals surface area contributed by atoms with Crippen molar-refractivity contribution in [2.75, 3.05) is 13.1 Å². The maximum absolute atomic E-state index is 13.0. The SMILES string of the molecule is NCC12CCCC1CCN2Cc1ccc2c(c1)C(=O)N(C1CCC(=O)NC1=O)C2=O. The first kappa shape index (κ1) is 19.4. The Labute approximate surface area is 174 Å². The second-order valence-electron chi connectivity index (χ2n) is 8.93. The van der Waals surface area contributed by atoms with E-state index in [0.717, 1.165) is 29.8 Å². The third-order valence-corrected chi connectivity index (χ3v) is 7.53. The first-order valence-corrected chi connectivity index (χ1v) is 10.7. The van der Waals surface area contributed by atoms with Crippen molar-refractivity contribution in [1.29, 1.82) is 0 Å². The summed E-state index contributed by atoms with van der Waals surface area (Å²) < 4.78 is 0. The van der Waals surface area contributed by atoms with Crippen molar-refractivity contribution < 1.29 is 19.2 Å². The maximum Gasteiger partial charge on any atom is 0.262 e. The van der Waals surface area contributed by atoms with E-state index >= 15 is 0 Å². The third-order valence-electron chi connectivity index (χ3n) is 7.53. The highest BCUT2D eigenvalue weighted by Gasteiger charge is 2.50. The number of piperidine rings is 1. The zero-order valence-corrected chi connectivity index (χ0v) is 16.9. The van der Waals surface area contributed by atoms with Gasteiger partial charge in [0.25, 0.3) is 11.8 Å². The van der Waals surface area contributed by atoms with Crippen molar-refractivity contribution >= 4 is 23.6 Å². The molecule has 4 amide bonds.